The van der Waals surface area contributed by atoms with Crippen LogP contribution in [0.4, 0.5) is 0 Å². The molecule has 3 atom stereocenters. The molecule has 1 N–H and O–H groups in total. The van der Waals surface area contributed by atoms with E-state index in [-0.39, 0.29) is 24.9 Å². The van der Waals surface area contributed by atoms with Crippen molar-refractivity contribution < 1.29 is 37.3 Å². The van der Waals surface area contributed by atoms with Crippen molar-refractivity contribution in [3.05, 3.63) is 36.5 Å². The summed E-state index contributed by atoms with van der Waals surface area (Å²) in [7, 11) is 1.19. The van der Waals surface area contributed by atoms with Crippen molar-refractivity contribution in [1.29, 1.82) is 0 Å². The highest BCUT2D eigenvalue weighted by atomic mass is 31.2. The molecule has 0 fully saturated rings. The Balaban J connectivity index is 5.05. The second kappa shape index (κ2) is 56.5. The van der Waals surface area contributed by atoms with Crippen LogP contribution in [-0.2, 0) is 27.9 Å². The zero-order valence-corrected chi connectivity index (χ0v) is 52.1. The highest BCUT2D eigenvalue weighted by Crippen LogP contribution is 2.38. The first-order chi connectivity index (χ1) is 36.9. The first-order valence-electron chi connectivity index (χ1n) is 32.8. The first kappa shape index (κ1) is 74.2. The molecule has 0 heterocycles. The molecule has 0 aromatic carbocycles. The number of hydrogen-bond acceptors (Lipinski definition) is 7. The zero-order chi connectivity index (χ0) is 55.7. The number of carbonyl (C=O) groups is 2. The number of carbonyl (C=O) groups excluding carboxylic acids is 2. The fourth-order valence-electron chi connectivity index (χ4n) is 9.69. The number of unbranched alkanes of at least 4 members (excludes halogenated alkanes) is 40. The van der Waals surface area contributed by atoms with E-state index >= 15 is 0 Å². The quantitative estimate of drug-likeness (QED) is 0.0212. The van der Waals surface area contributed by atoms with E-state index in [1.807, 2.05) is 33.3 Å². The van der Waals surface area contributed by atoms with Gasteiger partial charge in [0, 0.05) is 12.8 Å². The number of allylic oxidation sites excluding steroid dienone is 5. The lowest BCUT2D eigenvalue weighted by Gasteiger charge is -2.30. The van der Waals surface area contributed by atoms with Gasteiger partial charge in [-0.25, -0.2) is 0 Å². The first-order valence-corrected chi connectivity index (χ1v) is 34.3. The van der Waals surface area contributed by atoms with Crippen molar-refractivity contribution in [2.45, 2.75) is 335 Å². The smallest absolute Gasteiger partial charge is 0.306 e. The van der Waals surface area contributed by atoms with E-state index in [1.165, 1.54) is 218 Å². The maximum atomic E-state index is 13.5. The van der Waals surface area contributed by atoms with Crippen LogP contribution in [0.2, 0.25) is 0 Å². The van der Waals surface area contributed by atoms with Gasteiger partial charge in [-0.1, -0.05) is 263 Å². The average Bonchev–Trinajstić information content (AvgIpc) is 3.38. The number of amides is 1. The van der Waals surface area contributed by atoms with E-state index in [0.717, 1.165) is 70.6 Å². The Bertz CT molecular complexity index is 1400. The summed E-state index contributed by atoms with van der Waals surface area (Å²) in [5.74, 6) is -0.547. The molecule has 0 spiro atoms. The molecular weight excluding hydrogens is 964 g/mol. The van der Waals surface area contributed by atoms with Gasteiger partial charge in [-0.2, -0.15) is 0 Å². The Morgan fingerprint density at radius 1 is 0.447 bits per heavy atom. The molecule has 0 bridgehead atoms. The van der Waals surface area contributed by atoms with E-state index in [0.29, 0.717) is 17.4 Å². The van der Waals surface area contributed by atoms with Crippen LogP contribution in [0.15, 0.2) is 36.5 Å². The van der Waals surface area contributed by atoms with Crippen molar-refractivity contribution in [1.82, 2.24) is 5.32 Å². The van der Waals surface area contributed by atoms with Gasteiger partial charge >= 0.3 is 5.97 Å². The minimum atomic E-state index is -4.70. The SMILES string of the molecule is CCCCCCCC/C=C\CCCCCC(=O)NC(COP(=O)([O-])OCC[N+](C)(C)C)C(/C=C\CCCCCCCCCCCC)OC(=O)CCCCCCCCCCCCCCCCC/C=C/CCCCCCCC. The lowest BCUT2D eigenvalue weighted by Crippen LogP contribution is -2.47. The maximum Gasteiger partial charge on any atom is 0.306 e. The van der Waals surface area contributed by atoms with Crippen molar-refractivity contribution in [3.63, 3.8) is 0 Å². The number of ether oxygens (including phenoxy) is 1. The monoisotopic (exact) mass is 1090 g/mol. The fourth-order valence-corrected chi connectivity index (χ4v) is 10.4. The molecule has 9 nitrogen and oxygen atoms in total. The third kappa shape index (κ3) is 56.9. The van der Waals surface area contributed by atoms with Crippen LogP contribution in [0.25, 0.3) is 0 Å². The van der Waals surface area contributed by atoms with Crippen LogP contribution in [0.3, 0.4) is 0 Å². The van der Waals surface area contributed by atoms with Crippen LogP contribution < -0.4 is 10.2 Å². The number of phosphoric acid groups is 1. The van der Waals surface area contributed by atoms with Gasteiger partial charge in [0.1, 0.15) is 19.3 Å². The number of quaternary nitrogens is 1. The summed E-state index contributed by atoms with van der Waals surface area (Å²) < 4.78 is 30.3. The third-order valence-electron chi connectivity index (χ3n) is 14.8. The van der Waals surface area contributed by atoms with E-state index in [1.54, 1.807) is 0 Å². The van der Waals surface area contributed by atoms with Gasteiger partial charge in [0.2, 0.25) is 5.91 Å². The average molecular weight is 1090 g/mol. The number of likely N-dealkylation sites (N-methyl/N-ethyl adjacent to an activating group) is 1. The van der Waals surface area contributed by atoms with Crippen LogP contribution in [0.1, 0.15) is 323 Å². The van der Waals surface area contributed by atoms with Crippen LogP contribution in [0, 0.1) is 0 Å². The van der Waals surface area contributed by atoms with Gasteiger partial charge in [0.25, 0.3) is 7.82 Å². The molecule has 1 amide bonds. The predicted octanol–water partition coefficient (Wildman–Crippen LogP) is 19.7. The molecule has 10 heteroatoms. The molecule has 0 aliphatic heterocycles. The molecule has 0 aliphatic rings. The number of nitrogens with zero attached hydrogens (tertiary/aromatic N) is 1. The van der Waals surface area contributed by atoms with Crippen molar-refractivity contribution in [2.75, 3.05) is 40.9 Å². The molecule has 448 valence electrons. The van der Waals surface area contributed by atoms with Crippen molar-refractivity contribution in [2.24, 2.45) is 0 Å². The summed E-state index contributed by atoms with van der Waals surface area (Å²) in [5.41, 5.74) is 0. The van der Waals surface area contributed by atoms with Crippen molar-refractivity contribution in [3.8, 4) is 0 Å². The molecule has 0 aliphatic carbocycles. The van der Waals surface area contributed by atoms with Gasteiger partial charge in [-0.3, -0.25) is 14.2 Å². The Hall–Kier alpha value is -1.77. The fraction of sp³-hybridized carbons (Fsp3) is 0.879. The minimum absolute atomic E-state index is 0.0228. The van der Waals surface area contributed by atoms with Gasteiger partial charge in [0.15, 0.2) is 0 Å². The number of hydrogen-bond donors (Lipinski definition) is 1. The van der Waals surface area contributed by atoms with E-state index < -0.39 is 26.6 Å². The lowest BCUT2D eigenvalue weighted by atomic mass is 10.0. The van der Waals surface area contributed by atoms with E-state index in [4.69, 9.17) is 13.8 Å². The standard InChI is InChI=1S/C66H127N2O7P/c1-7-10-13-16-19-22-25-28-29-30-31-32-33-34-35-36-37-38-39-41-44-47-50-53-56-59-66(70)75-64(57-54-51-48-45-42-27-24-21-18-15-12-9-3)63(62-74-76(71,72)73-61-60-68(4,5)6)67-65(69)58-55-52-49-46-43-40-26-23-20-17-14-11-8-2/h28-29,40,43,54,57,63-64H,7-27,30-39,41-42,44-53,55-56,58-62H2,1-6H3,(H-,67,69,71,72)/b29-28+,43-40-,57-54-. The van der Waals surface area contributed by atoms with Gasteiger partial charge in [0.05, 0.1) is 33.8 Å². The zero-order valence-electron chi connectivity index (χ0n) is 51.2. The predicted molar refractivity (Wildman–Crippen MR) is 326 cm³/mol. The van der Waals surface area contributed by atoms with E-state index in [9.17, 15) is 19.0 Å². The van der Waals surface area contributed by atoms with Crippen LogP contribution >= 0.6 is 7.82 Å². The summed E-state index contributed by atoms with van der Waals surface area (Å²) in [5, 5.41) is 3.02. The number of phosphoric ester groups is 1. The highest BCUT2D eigenvalue weighted by molar-refractivity contribution is 7.45. The number of nitrogens with one attached hydrogen (secondary N) is 1. The normalized spacial score (nSPS) is 13.8. The molecule has 0 radical (unpaired) electrons. The van der Waals surface area contributed by atoms with Gasteiger partial charge in [-0.05, 0) is 83.1 Å². The maximum absolute atomic E-state index is 13.5. The molecule has 0 saturated heterocycles. The summed E-state index contributed by atoms with van der Waals surface area (Å²) in [6, 6.07) is -0.892. The summed E-state index contributed by atoms with van der Waals surface area (Å²) in [4.78, 5) is 40.0. The Morgan fingerprint density at radius 3 is 1.13 bits per heavy atom. The minimum Gasteiger partial charge on any atom is -0.756 e. The lowest BCUT2D eigenvalue weighted by molar-refractivity contribution is -0.870. The molecular formula is C66H127N2O7P. The molecule has 0 rings (SSSR count). The van der Waals surface area contributed by atoms with E-state index in [2.05, 4.69) is 50.4 Å². The Labute approximate surface area is 472 Å². The topological polar surface area (TPSA) is 114 Å². The summed E-state index contributed by atoms with van der Waals surface area (Å²) in [6.07, 6.45) is 68.4. The molecule has 3 unspecified atom stereocenters. The summed E-state index contributed by atoms with van der Waals surface area (Å²) in [6.45, 7) is 6.85. The van der Waals surface area contributed by atoms with Gasteiger partial charge < -0.3 is 28.5 Å². The molecule has 0 aromatic heterocycles. The van der Waals surface area contributed by atoms with Crippen LogP contribution in [0.5, 0.6) is 0 Å². The molecule has 0 saturated carbocycles. The highest BCUT2D eigenvalue weighted by Gasteiger charge is 2.27. The van der Waals surface area contributed by atoms with Gasteiger partial charge in [-0.15, -0.1) is 0 Å². The Morgan fingerprint density at radius 2 is 0.763 bits per heavy atom. The third-order valence-corrected chi connectivity index (χ3v) is 15.8. The molecule has 76 heavy (non-hydrogen) atoms. The number of rotatable bonds is 60. The second-order valence-corrected chi connectivity index (χ2v) is 25.0. The largest absolute Gasteiger partial charge is 0.756 e. The Kier molecular flexibility index (Phi) is 55.2. The molecule has 0 aromatic rings. The van der Waals surface area contributed by atoms with Crippen LogP contribution in [-0.4, -0.2) is 69.4 Å². The van der Waals surface area contributed by atoms with Crippen molar-refractivity contribution >= 4 is 19.7 Å². The summed E-state index contributed by atoms with van der Waals surface area (Å²) >= 11 is 0. The number of esters is 1. The second-order valence-electron chi connectivity index (χ2n) is 23.6.